The van der Waals surface area contributed by atoms with Gasteiger partial charge in [0.2, 0.25) is 11.6 Å². The number of ether oxygens (including phenoxy) is 2. The Morgan fingerprint density at radius 2 is 1.00 bits per heavy atom. The molecule has 2 aromatic carbocycles. The van der Waals surface area contributed by atoms with E-state index >= 15 is 0 Å². The van der Waals surface area contributed by atoms with E-state index in [1.165, 1.54) is 0 Å². The molecular formula is C17H10F6O4. The summed E-state index contributed by atoms with van der Waals surface area (Å²) in [5.74, 6) is -15.4. The number of hydrogen-bond donors (Lipinski definition) is 0. The molecule has 0 bridgehead atoms. The maximum absolute atomic E-state index is 13.6. The summed E-state index contributed by atoms with van der Waals surface area (Å²) in [7, 11) is 0. The van der Waals surface area contributed by atoms with E-state index < -0.39 is 63.8 Å². The third-order valence-electron chi connectivity index (χ3n) is 3.43. The van der Waals surface area contributed by atoms with Gasteiger partial charge >= 0.3 is 11.9 Å². The summed E-state index contributed by atoms with van der Waals surface area (Å²) < 4.78 is 88.2. The van der Waals surface area contributed by atoms with Crippen LogP contribution in [0.15, 0.2) is 24.3 Å². The van der Waals surface area contributed by atoms with Crippen LogP contribution in [-0.4, -0.2) is 11.9 Å². The molecule has 0 atom stereocenters. The Kier molecular flexibility index (Phi) is 5.48. The fourth-order valence-electron chi connectivity index (χ4n) is 1.71. The molecule has 0 amide bonds. The lowest BCUT2D eigenvalue weighted by Crippen LogP contribution is -2.40. The van der Waals surface area contributed by atoms with Crippen LogP contribution in [0.25, 0.3) is 0 Å². The Hall–Kier alpha value is -3.04. The molecule has 0 radical (unpaired) electrons. The van der Waals surface area contributed by atoms with E-state index in [1.807, 2.05) is 0 Å². The largest absolute Gasteiger partial charge is 0.422 e. The van der Waals surface area contributed by atoms with Crippen LogP contribution >= 0.6 is 0 Å². The number of halogens is 6. The topological polar surface area (TPSA) is 52.6 Å². The van der Waals surface area contributed by atoms with Gasteiger partial charge in [-0.1, -0.05) is 0 Å². The van der Waals surface area contributed by atoms with Crippen molar-refractivity contribution in [1.82, 2.24) is 0 Å². The highest BCUT2D eigenvalue weighted by Crippen LogP contribution is 2.28. The standard InChI is InChI=1S/C17H10F6O4/c1-17(2,15(24)26-9-5-3-7(18)11(20)13(9)22)16(25)27-10-6-4-8(19)12(21)14(10)23/h3-6H,1-2H3. The average Bonchev–Trinajstić information content (AvgIpc) is 2.62. The van der Waals surface area contributed by atoms with Crippen molar-refractivity contribution in [2.75, 3.05) is 0 Å². The molecule has 144 valence electrons. The third kappa shape index (κ3) is 3.88. The molecule has 2 rings (SSSR count). The molecule has 0 N–H and O–H groups in total. The molecule has 0 aliphatic heterocycles. The van der Waals surface area contributed by atoms with E-state index in [9.17, 15) is 35.9 Å². The molecule has 0 saturated carbocycles. The van der Waals surface area contributed by atoms with Gasteiger partial charge in [-0.25, -0.2) is 17.6 Å². The summed E-state index contributed by atoms with van der Waals surface area (Å²) in [6.07, 6.45) is 0. The van der Waals surface area contributed by atoms with Crippen LogP contribution in [0.4, 0.5) is 26.3 Å². The van der Waals surface area contributed by atoms with Gasteiger partial charge in [-0.2, -0.15) is 8.78 Å². The van der Waals surface area contributed by atoms with Crippen LogP contribution < -0.4 is 9.47 Å². The van der Waals surface area contributed by atoms with Crippen molar-refractivity contribution in [3.05, 3.63) is 59.2 Å². The lowest BCUT2D eigenvalue weighted by molar-refractivity contribution is -0.158. The normalized spacial score (nSPS) is 11.3. The minimum Gasteiger partial charge on any atom is -0.422 e. The number of rotatable bonds is 4. The quantitative estimate of drug-likeness (QED) is 0.259. The molecule has 0 aromatic heterocycles. The number of benzene rings is 2. The molecule has 0 aliphatic rings. The van der Waals surface area contributed by atoms with E-state index in [0.29, 0.717) is 24.3 Å². The smallest absolute Gasteiger partial charge is 0.328 e. The van der Waals surface area contributed by atoms with Crippen LogP contribution in [0.2, 0.25) is 0 Å². The Bertz CT molecular complexity index is 853. The predicted molar refractivity (Wildman–Crippen MR) is 77.7 cm³/mol. The third-order valence-corrected chi connectivity index (χ3v) is 3.43. The molecule has 0 heterocycles. The molecule has 0 aliphatic carbocycles. The van der Waals surface area contributed by atoms with Gasteiger partial charge in [-0.05, 0) is 38.1 Å². The zero-order chi connectivity index (χ0) is 20.5. The van der Waals surface area contributed by atoms with Crippen molar-refractivity contribution in [2.45, 2.75) is 13.8 Å². The van der Waals surface area contributed by atoms with E-state index in [2.05, 4.69) is 9.47 Å². The number of carbonyl (C=O) groups excluding carboxylic acids is 2. The molecule has 0 spiro atoms. The minimum absolute atomic E-state index is 0.489. The van der Waals surface area contributed by atoms with Gasteiger partial charge in [0.15, 0.2) is 40.2 Å². The summed E-state index contributed by atoms with van der Waals surface area (Å²) in [5, 5.41) is 0. The zero-order valence-corrected chi connectivity index (χ0v) is 13.7. The molecule has 4 nitrogen and oxygen atoms in total. The first-order chi connectivity index (χ1) is 12.5. The lowest BCUT2D eigenvalue weighted by Gasteiger charge is -2.20. The van der Waals surface area contributed by atoms with E-state index in [0.717, 1.165) is 13.8 Å². The number of hydrogen-bond acceptors (Lipinski definition) is 4. The van der Waals surface area contributed by atoms with E-state index in [1.54, 1.807) is 0 Å². The maximum atomic E-state index is 13.6. The summed E-state index contributed by atoms with van der Waals surface area (Å²) in [6.45, 7) is 1.88. The van der Waals surface area contributed by atoms with Crippen molar-refractivity contribution >= 4 is 11.9 Å². The second-order valence-electron chi connectivity index (χ2n) is 5.75. The van der Waals surface area contributed by atoms with Crippen molar-refractivity contribution in [2.24, 2.45) is 5.41 Å². The van der Waals surface area contributed by atoms with Crippen molar-refractivity contribution in [3.8, 4) is 11.5 Å². The van der Waals surface area contributed by atoms with Gasteiger partial charge in [0.05, 0.1) is 0 Å². The molecular weight excluding hydrogens is 382 g/mol. The monoisotopic (exact) mass is 392 g/mol. The highest BCUT2D eigenvalue weighted by molar-refractivity contribution is 6.00. The Morgan fingerprint density at radius 3 is 1.33 bits per heavy atom. The van der Waals surface area contributed by atoms with E-state index in [-0.39, 0.29) is 0 Å². The zero-order valence-electron chi connectivity index (χ0n) is 13.7. The highest BCUT2D eigenvalue weighted by atomic mass is 19.2. The van der Waals surface area contributed by atoms with Crippen LogP contribution in [0.1, 0.15) is 13.8 Å². The van der Waals surface area contributed by atoms with Crippen LogP contribution in [0.3, 0.4) is 0 Å². The lowest BCUT2D eigenvalue weighted by atomic mass is 9.94. The number of carbonyl (C=O) groups is 2. The second kappa shape index (κ2) is 7.29. The van der Waals surface area contributed by atoms with Gasteiger partial charge in [-0.15, -0.1) is 0 Å². The molecule has 2 aromatic rings. The van der Waals surface area contributed by atoms with Crippen molar-refractivity contribution in [1.29, 1.82) is 0 Å². The van der Waals surface area contributed by atoms with Gasteiger partial charge in [0.25, 0.3) is 0 Å². The second-order valence-corrected chi connectivity index (χ2v) is 5.75. The molecule has 10 heteroatoms. The average molecular weight is 392 g/mol. The minimum atomic E-state index is -2.20. The summed E-state index contributed by atoms with van der Waals surface area (Å²) in [6, 6.07) is 2.20. The fraction of sp³-hybridized carbons (Fsp3) is 0.176. The fourth-order valence-corrected chi connectivity index (χ4v) is 1.71. The molecule has 0 fully saturated rings. The first-order valence-electron chi connectivity index (χ1n) is 7.18. The summed E-state index contributed by atoms with van der Waals surface area (Å²) in [4.78, 5) is 24.2. The highest BCUT2D eigenvalue weighted by Gasteiger charge is 2.41. The van der Waals surface area contributed by atoms with Gasteiger partial charge in [0.1, 0.15) is 0 Å². The van der Waals surface area contributed by atoms with Crippen LogP contribution in [0, 0.1) is 40.3 Å². The SMILES string of the molecule is CC(C)(C(=O)Oc1ccc(F)c(F)c1F)C(=O)Oc1ccc(F)c(F)c1F. The predicted octanol–water partition coefficient (Wildman–Crippen LogP) is 4.06. The first-order valence-corrected chi connectivity index (χ1v) is 7.18. The first kappa shape index (κ1) is 20.3. The molecule has 0 saturated heterocycles. The Balaban J connectivity index is 2.22. The van der Waals surface area contributed by atoms with Gasteiger partial charge < -0.3 is 9.47 Å². The number of esters is 2. The van der Waals surface area contributed by atoms with Crippen molar-refractivity contribution in [3.63, 3.8) is 0 Å². The maximum Gasteiger partial charge on any atom is 0.328 e. The van der Waals surface area contributed by atoms with Gasteiger partial charge in [0, 0.05) is 0 Å². The van der Waals surface area contributed by atoms with Gasteiger partial charge in [-0.3, -0.25) is 9.59 Å². The Morgan fingerprint density at radius 1 is 0.667 bits per heavy atom. The van der Waals surface area contributed by atoms with Crippen LogP contribution in [-0.2, 0) is 9.59 Å². The van der Waals surface area contributed by atoms with Crippen molar-refractivity contribution < 1.29 is 45.4 Å². The van der Waals surface area contributed by atoms with Crippen LogP contribution in [0.5, 0.6) is 11.5 Å². The molecule has 27 heavy (non-hydrogen) atoms. The molecule has 0 unspecified atom stereocenters. The summed E-state index contributed by atoms with van der Waals surface area (Å²) in [5.41, 5.74) is -2.20. The van der Waals surface area contributed by atoms with E-state index in [4.69, 9.17) is 0 Å². The Labute approximate surface area is 148 Å². The summed E-state index contributed by atoms with van der Waals surface area (Å²) >= 11 is 0.